The van der Waals surface area contributed by atoms with Gasteiger partial charge in [0.15, 0.2) is 16.4 Å². The Labute approximate surface area is 164 Å². The predicted molar refractivity (Wildman–Crippen MR) is 105 cm³/mol. The maximum atomic E-state index is 12.6. The summed E-state index contributed by atoms with van der Waals surface area (Å²) in [4.78, 5) is 28.4. The first-order valence-electron chi connectivity index (χ1n) is 9.68. The smallest absolute Gasteiger partial charge is 0.348 e. The zero-order chi connectivity index (χ0) is 19.4. The van der Waals surface area contributed by atoms with Crippen molar-refractivity contribution in [1.82, 2.24) is 4.90 Å². The zero-order valence-electron chi connectivity index (χ0n) is 15.7. The van der Waals surface area contributed by atoms with E-state index < -0.39 is 15.8 Å². The number of ether oxygens (including phenoxy) is 1. The number of hydrogen-bond acceptors (Lipinski definition) is 6. The van der Waals surface area contributed by atoms with Gasteiger partial charge in [0.1, 0.15) is 4.88 Å². The van der Waals surface area contributed by atoms with E-state index in [1.54, 1.807) is 4.90 Å². The van der Waals surface area contributed by atoms with Crippen molar-refractivity contribution < 1.29 is 22.7 Å². The molecule has 6 nitrogen and oxygen atoms in total. The van der Waals surface area contributed by atoms with Gasteiger partial charge in [-0.3, -0.25) is 4.79 Å². The van der Waals surface area contributed by atoms with Gasteiger partial charge in [0.05, 0.1) is 11.5 Å². The third kappa shape index (κ3) is 5.10. The zero-order valence-corrected chi connectivity index (χ0v) is 17.4. The van der Waals surface area contributed by atoms with Gasteiger partial charge in [0.2, 0.25) is 0 Å². The standard InChI is InChI=1S/C19H27NO5S2/c1-2-3-9-20(15-8-10-27(23,24)13-15)18(21)12-25-19(22)17-11-14-6-4-5-7-16(14)26-17/h11,15H,2-10,12-13H2,1H3. The summed E-state index contributed by atoms with van der Waals surface area (Å²) in [5.41, 5.74) is 1.23. The molecule has 1 unspecified atom stereocenters. The largest absolute Gasteiger partial charge is 0.451 e. The number of unbranched alkanes of at least 4 members (excludes halogenated alkanes) is 1. The lowest BCUT2D eigenvalue weighted by Crippen LogP contribution is -2.43. The molecular weight excluding hydrogens is 386 g/mol. The molecule has 1 aliphatic heterocycles. The van der Waals surface area contributed by atoms with E-state index in [1.165, 1.54) is 21.8 Å². The number of rotatable bonds is 7. The molecule has 1 amide bonds. The van der Waals surface area contributed by atoms with Crippen molar-refractivity contribution in [3.63, 3.8) is 0 Å². The highest BCUT2D eigenvalue weighted by Crippen LogP contribution is 2.30. The van der Waals surface area contributed by atoms with Crippen LogP contribution in [0.4, 0.5) is 0 Å². The fourth-order valence-electron chi connectivity index (χ4n) is 3.73. The van der Waals surface area contributed by atoms with E-state index in [9.17, 15) is 18.0 Å². The number of hydrogen-bond donors (Lipinski definition) is 0. The molecule has 27 heavy (non-hydrogen) atoms. The SMILES string of the molecule is CCCCN(C(=O)COC(=O)c1cc2c(s1)CCCC2)C1CCS(=O)(=O)C1. The highest BCUT2D eigenvalue weighted by Gasteiger charge is 2.34. The summed E-state index contributed by atoms with van der Waals surface area (Å²) in [6.45, 7) is 2.19. The average molecular weight is 414 g/mol. The third-order valence-corrected chi connectivity index (χ3v) is 8.21. The highest BCUT2D eigenvalue weighted by atomic mass is 32.2. The lowest BCUT2D eigenvalue weighted by molar-refractivity contribution is -0.136. The van der Waals surface area contributed by atoms with Gasteiger partial charge in [-0.15, -0.1) is 11.3 Å². The number of carbonyl (C=O) groups is 2. The molecule has 3 rings (SSSR count). The third-order valence-electron chi connectivity index (χ3n) is 5.25. The van der Waals surface area contributed by atoms with Crippen molar-refractivity contribution >= 4 is 33.1 Å². The Kier molecular flexibility index (Phi) is 6.57. The molecule has 150 valence electrons. The van der Waals surface area contributed by atoms with E-state index in [0.29, 0.717) is 17.8 Å². The van der Waals surface area contributed by atoms with Crippen LogP contribution >= 0.6 is 11.3 Å². The second-order valence-electron chi connectivity index (χ2n) is 7.34. The topological polar surface area (TPSA) is 80.8 Å². The summed E-state index contributed by atoms with van der Waals surface area (Å²) in [5, 5.41) is 0. The molecule has 1 aromatic heterocycles. The number of thiophene rings is 1. The molecule has 1 atom stereocenters. The number of esters is 1. The van der Waals surface area contributed by atoms with E-state index in [0.717, 1.165) is 38.5 Å². The molecule has 1 aliphatic carbocycles. The first-order valence-corrected chi connectivity index (χ1v) is 12.3. The fourth-order valence-corrected chi connectivity index (χ4v) is 6.61. The van der Waals surface area contributed by atoms with Crippen molar-refractivity contribution in [2.24, 2.45) is 0 Å². The van der Waals surface area contributed by atoms with Crippen LogP contribution in [0.5, 0.6) is 0 Å². The Bertz CT molecular complexity index is 776. The normalized spacial score (nSPS) is 20.9. The fraction of sp³-hybridized carbons (Fsp3) is 0.684. The number of nitrogens with zero attached hydrogens (tertiary/aromatic N) is 1. The summed E-state index contributed by atoms with van der Waals surface area (Å²) >= 11 is 1.46. The van der Waals surface area contributed by atoms with Gasteiger partial charge in [-0.1, -0.05) is 13.3 Å². The number of fused-ring (bicyclic) bond motifs is 1. The molecule has 1 saturated heterocycles. The summed E-state index contributed by atoms with van der Waals surface area (Å²) in [6.07, 6.45) is 6.47. The van der Waals surface area contributed by atoms with Gasteiger partial charge in [-0.25, -0.2) is 13.2 Å². The minimum Gasteiger partial charge on any atom is -0.451 e. The Balaban J connectivity index is 1.59. The maximum absolute atomic E-state index is 12.6. The van der Waals surface area contributed by atoms with Crippen LogP contribution < -0.4 is 0 Å². The molecule has 2 aliphatic rings. The maximum Gasteiger partial charge on any atom is 0.348 e. The van der Waals surface area contributed by atoms with Crippen LogP contribution in [0.15, 0.2) is 6.07 Å². The van der Waals surface area contributed by atoms with Crippen LogP contribution in [0.2, 0.25) is 0 Å². The van der Waals surface area contributed by atoms with E-state index in [4.69, 9.17) is 4.74 Å². The van der Waals surface area contributed by atoms with Crippen molar-refractivity contribution in [1.29, 1.82) is 0 Å². The van der Waals surface area contributed by atoms with Gasteiger partial charge in [-0.05, 0) is 50.2 Å². The Morgan fingerprint density at radius 1 is 1.30 bits per heavy atom. The van der Waals surface area contributed by atoms with Crippen molar-refractivity contribution in [3.8, 4) is 0 Å². The van der Waals surface area contributed by atoms with Gasteiger partial charge in [0.25, 0.3) is 5.91 Å². The molecule has 0 radical (unpaired) electrons. The molecule has 2 heterocycles. The molecule has 8 heteroatoms. The molecular formula is C19H27NO5S2. The number of amides is 1. The van der Waals surface area contributed by atoms with Gasteiger partial charge in [-0.2, -0.15) is 0 Å². The van der Waals surface area contributed by atoms with Gasteiger partial charge < -0.3 is 9.64 Å². The van der Waals surface area contributed by atoms with Crippen LogP contribution in [0.3, 0.4) is 0 Å². The Hall–Kier alpha value is -1.41. The number of carbonyl (C=O) groups excluding carboxylic acids is 2. The van der Waals surface area contributed by atoms with E-state index in [-0.39, 0.29) is 30.1 Å². The van der Waals surface area contributed by atoms with E-state index >= 15 is 0 Å². The summed E-state index contributed by atoms with van der Waals surface area (Å²) in [5.74, 6) is -0.639. The van der Waals surface area contributed by atoms with Crippen LogP contribution in [0.1, 0.15) is 59.1 Å². The first-order chi connectivity index (χ1) is 12.9. The monoisotopic (exact) mass is 413 g/mol. The lowest BCUT2D eigenvalue weighted by Gasteiger charge is -2.28. The quantitative estimate of drug-likeness (QED) is 0.642. The minimum atomic E-state index is -3.08. The van der Waals surface area contributed by atoms with Gasteiger partial charge in [0, 0.05) is 17.5 Å². The molecule has 1 aromatic rings. The van der Waals surface area contributed by atoms with E-state index in [1.807, 2.05) is 13.0 Å². The van der Waals surface area contributed by atoms with Crippen LogP contribution in [0.25, 0.3) is 0 Å². The summed E-state index contributed by atoms with van der Waals surface area (Å²) in [7, 11) is -3.08. The van der Waals surface area contributed by atoms with Crippen molar-refractivity contribution in [3.05, 3.63) is 21.4 Å². The predicted octanol–water partition coefficient (Wildman–Crippen LogP) is 2.60. The lowest BCUT2D eigenvalue weighted by atomic mass is 9.99. The Morgan fingerprint density at radius 3 is 2.74 bits per heavy atom. The summed E-state index contributed by atoms with van der Waals surface area (Å²) in [6, 6.07) is 1.59. The van der Waals surface area contributed by atoms with Crippen molar-refractivity contribution in [2.45, 2.75) is 57.9 Å². The van der Waals surface area contributed by atoms with Crippen LogP contribution in [-0.4, -0.2) is 55.9 Å². The first kappa shape index (κ1) is 20.3. The average Bonchev–Trinajstić information content (AvgIpc) is 3.23. The van der Waals surface area contributed by atoms with Crippen LogP contribution in [0, 0.1) is 0 Å². The number of aryl methyl sites for hydroxylation is 2. The molecule has 0 aromatic carbocycles. The second-order valence-corrected chi connectivity index (χ2v) is 10.7. The number of sulfone groups is 1. The Morgan fingerprint density at radius 2 is 2.07 bits per heavy atom. The molecule has 0 bridgehead atoms. The molecule has 0 N–H and O–H groups in total. The second kappa shape index (κ2) is 8.73. The molecule has 0 saturated carbocycles. The molecule has 1 fully saturated rings. The van der Waals surface area contributed by atoms with Crippen molar-refractivity contribution in [2.75, 3.05) is 24.7 Å². The minimum absolute atomic E-state index is 0.00798. The van der Waals surface area contributed by atoms with Crippen LogP contribution in [-0.2, 0) is 32.2 Å². The highest BCUT2D eigenvalue weighted by molar-refractivity contribution is 7.91. The molecule has 0 spiro atoms. The summed E-state index contributed by atoms with van der Waals surface area (Å²) < 4.78 is 28.8. The van der Waals surface area contributed by atoms with Gasteiger partial charge >= 0.3 is 5.97 Å². The van der Waals surface area contributed by atoms with E-state index in [2.05, 4.69) is 0 Å².